The second-order valence-electron chi connectivity index (χ2n) is 3.85. The van der Waals surface area contributed by atoms with Crippen molar-refractivity contribution in [3.8, 4) is 0 Å². The molecule has 0 N–H and O–H groups in total. The summed E-state index contributed by atoms with van der Waals surface area (Å²) in [4.78, 5) is 20.2. The van der Waals surface area contributed by atoms with E-state index in [2.05, 4.69) is 30.9 Å². The van der Waals surface area contributed by atoms with Crippen molar-refractivity contribution in [3.63, 3.8) is 0 Å². The summed E-state index contributed by atoms with van der Waals surface area (Å²) in [5, 5.41) is 3.51. The zero-order valence-corrected chi connectivity index (χ0v) is 10.5. The van der Waals surface area contributed by atoms with Crippen LogP contribution in [0.3, 0.4) is 0 Å². The summed E-state index contributed by atoms with van der Waals surface area (Å²) in [6.07, 6.45) is 3.74. The zero-order chi connectivity index (χ0) is 12.3. The highest BCUT2D eigenvalue weighted by molar-refractivity contribution is 9.10. The van der Waals surface area contributed by atoms with Crippen molar-refractivity contribution in [2.45, 2.75) is 6.42 Å². The smallest absolute Gasteiger partial charge is 0.227 e. The number of hydrogen-bond acceptors (Lipinski definition) is 3. The molecule has 88 valence electrons. The van der Waals surface area contributed by atoms with E-state index in [0.717, 1.165) is 10.2 Å². The van der Waals surface area contributed by atoms with E-state index in [9.17, 15) is 4.79 Å². The summed E-state index contributed by atoms with van der Waals surface area (Å²) >= 11 is 3.32. The number of aromatic nitrogens is 1. The van der Waals surface area contributed by atoms with Crippen LogP contribution in [-0.2, 0) is 4.79 Å². The Balaban J connectivity index is 2.12. The lowest BCUT2D eigenvalue weighted by molar-refractivity contribution is -0.117. The number of amides is 1. The van der Waals surface area contributed by atoms with Gasteiger partial charge in [-0.1, -0.05) is 5.11 Å². The van der Waals surface area contributed by atoms with Crippen LogP contribution < -0.4 is 4.90 Å². The molecule has 1 unspecified atom stereocenters. The van der Waals surface area contributed by atoms with Crippen LogP contribution in [0.5, 0.6) is 0 Å². The number of anilines is 1. The van der Waals surface area contributed by atoms with Gasteiger partial charge < -0.3 is 4.90 Å². The lowest BCUT2D eigenvalue weighted by Gasteiger charge is -2.15. The molecule has 2 rings (SSSR count). The first kappa shape index (κ1) is 11.9. The Kier molecular flexibility index (Phi) is 3.61. The standard InChI is InChI=1S/C10H10BrN5O/c11-8-2-9(5-13-4-8)16-6-7(1-10(16)17)3-14-15-12/h2,4-5,7H,1,3,6H2. The fraction of sp³-hybridized carbons (Fsp3) is 0.400. The molecule has 0 saturated carbocycles. The van der Waals surface area contributed by atoms with Gasteiger partial charge in [0, 0.05) is 35.1 Å². The van der Waals surface area contributed by atoms with E-state index in [1.54, 1.807) is 17.3 Å². The van der Waals surface area contributed by atoms with Crippen molar-refractivity contribution >= 4 is 27.5 Å². The van der Waals surface area contributed by atoms with Crippen molar-refractivity contribution in [1.82, 2.24) is 4.98 Å². The molecule has 17 heavy (non-hydrogen) atoms. The number of pyridine rings is 1. The van der Waals surface area contributed by atoms with Gasteiger partial charge in [0.15, 0.2) is 0 Å². The van der Waals surface area contributed by atoms with E-state index in [0.29, 0.717) is 19.5 Å². The number of carbonyl (C=O) groups is 1. The summed E-state index contributed by atoms with van der Waals surface area (Å²) in [5.41, 5.74) is 9.03. The maximum absolute atomic E-state index is 11.8. The first-order valence-corrected chi connectivity index (χ1v) is 5.92. The largest absolute Gasteiger partial charge is 0.311 e. The highest BCUT2D eigenvalue weighted by atomic mass is 79.9. The van der Waals surface area contributed by atoms with Gasteiger partial charge >= 0.3 is 0 Å². The predicted octanol–water partition coefficient (Wildman–Crippen LogP) is 2.51. The Morgan fingerprint density at radius 3 is 3.18 bits per heavy atom. The summed E-state index contributed by atoms with van der Waals surface area (Å²) < 4.78 is 0.835. The highest BCUT2D eigenvalue weighted by Gasteiger charge is 2.30. The molecular weight excluding hydrogens is 286 g/mol. The van der Waals surface area contributed by atoms with Gasteiger partial charge in [-0.25, -0.2) is 0 Å². The molecule has 1 aliphatic heterocycles. The fourth-order valence-electron chi connectivity index (χ4n) is 1.85. The minimum absolute atomic E-state index is 0.0445. The maximum atomic E-state index is 11.8. The van der Waals surface area contributed by atoms with Gasteiger partial charge in [-0.3, -0.25) is 9.78 Å². The summed E-state index contributed by atoms with van der Waals surface area (Å²) in [6.45, 7) is 0.941. The predicted molar refractivity (Wildman–Crippen MR) is 66.4 cm³/mol. The van der Waals surface area contributed by atoms with Crippen LogP contribution in [0.4, 0.5) is 5.69 Å². The maximum Gasteiger partial charge on any atom is 0.227 e. The molecule has 1 aromatic heterocycles. The molecular formula is C10H10BrN5O. The number of carbonyl (C=O) groups excluding carboxylic acids is 1. The number of nitrogens with zero attached hydrogens (tertiary/aromatic N) is 5. The number of rotatable bonds is 3. The molecule has 1 saturated heterocycles. The van der Waals surface area contributed by atoms with Gasteiger partial charge in [0.05, 0.1) is 11.9 Å². The minimum atomic E-state index is 0.0445. The van der Waals surface area contributed by atoms with E-state index in [1.165, 1.54) is 0 Å². The van der Waals surface area contributed by atoms with Crippen molar-refractivity contribution in [2.75, 3.05) is 18.0 Å². The van der Waals surface area contributed by atoms with Crippen LogP contribution in [0.25, 0.3) is 10.4 Å². The van der Waals surface area contributed by atoms with Crippen LogP contribution in [0, 0.1) is 5.92 Å². The first-order valence-electron chi connectivity index (χ1n) is 5.12. The average molecular weight is 296 g/mol. The quantitative estimate of drug-likeness (QED) is 0.488. The lowest BCUT2D eigenvalue weighted by Crippen LogP contribution is -2.24. The van der Waals surface area contributed by atoms with E-state index in [1.807, 2.05) is 6.07 Å². The fourth-order valence-corrected chi connectivity index (χ4v) is 2.21. The Hall–Kier alpha value is -1.59. The van der Waals surface area contributed by atoms with Crippen LogP contribution in [0.1, 0.15) is 6.42 Å². The van der Waals surface area contributed by atoms with Crippen LogP contribution in [0.15, 0.2) is 28.0 Å². The lowest BCUT2D eigenvalue weighted by atomic mass is 10.1. The van der Waals surface area contributed by atoms with Gasteiger partial charge in [-0.05, 0) is 33.4 Å². The van der Waals surface area contributed by atoms with E-state index in [-0.39, 0.29) is 11.8 Å². The van der Waals surface area contributed by atoms with Crippen LogP contribution in [0.2, 0.25) is 0 Å². The molecule has 0 bridgehead atoms. The third-order valence-corrected chi connectivity index (χ3v) is 3.04. The molecule has 1 amide bonds. The van der Waals surface area contributed by atoms with E-state index in [4.69, 9.17) is 5.53 Å². The van der Waals surface area contributed by atoms with E-state index >= 15 is 0 Å². The Bertz CT molecular complexity index is 485. The minimum Gasteiger partial charge on any atom is -0.311 e. The molecule has 0 spiro atoms. The van der Waals surface area contributed by atoms with Gasteiger partial charge in [-0.2, -0.15) is 0 Å². The highest BCUT2D eigenvalue weighted by Crippen LogP contribution is 2.26. The van der Waals surface area contributed by atoms with Crippen molar-refractivity contribution in [1.29, 1.82) is 0 Å². The number of azide groups is 1. The topological polar surface area (TPSA) is 82.0 Å². The molecule has 1 aromatic rings. The molecule has 0 radical (unpaired) electrons. The molecule has 0 aromatic carbocycles. The Morgan fingerprint density at radius 1 is 1.65 bits per heavy atom. The summed E-state index contributed by atoms with van der Waals surface area (Å²) in [6, 6.07) is 1.85. The number of hydrogen-bond donors (Lipinski definition) is 0. The van der Waals surface area contributed by atoms with Crippen LogP contribution >= 0.6 is 15.9 Å². The third-order valence-electron chi connectivity index (χ3n) is 2.61. The summed E-state index contributed by atoms with van der Waals surface area (Å²) in [5.74, 6) is 0.139. The molecule has 1 aliphatic rings. The number of halogens is 1. The molecule has 1 fully saturated rings. The Morgan fingerprint density at radius 2 is 2.47 bits per heavy atom. The molecule has 0 aliphatic carbocycles. The van der Waals surface area contributed by atoms with Crippen molar-refractivity contribution < 1.29 is 4.79 Å². The van der Waals surface area contributed by atoms with E-state index < -0.39 is 0 Å². The monoisotopic (exact) mass is 295 g/mol. The summed E-state index contributed by atoms with van der Waals surface area (Å²) in [7, 11) is 0. The molecule has 7 heteroatoms. The second kappa shape index (κ2) is 5.16. The van der Waals surface area contributed by atoms with Gasteiger partial charge in [-0.15, -0.1) is 0 Å². The normalized spacial score (nSPS) is 19.2. The third kappa shape index (κ3) is 2.75. The molecule has 1 atom stereocenters. The average Bonchev–Trinajstić information content (AvgIpc) is 2.68. The van der Waals surface area contributed by atoms with Gasteiger partial charge in [0.25, 0.3) is 0 Å². The van der Waals surface area contributed by atoms with Gasteiger partial charge in [0.1, 0.15) is 0 Å². The van der Waals surface area contributed by atoms with Crippen molar-refractivity contribution in [2.24, 2.45) is 11.0 Å². The van der Waals surface area contributed by atoms with Crippen LogP contribution in [-0.4, -0.2) is 24.0 Å². The van der Waals surface area contributed by atoms with Gasteiger partial charge in [0.2, 0.25) is 5.91 Å². The Labute approximate surface area is 106 Å². The SMILES string of the molecule is [N-]=[N+]=NCC1CC(=O)N(c2cncc(Br)c2)C1. The zero-order valence-electron chi connectivity index (χ0n) is 8.95. The van der Waals surface area contributed by atoms with Crippen molar-refractivity contribution in [3.05, 3.63) is 33.4 Å². The molecule has 6 nitrogen and oxygen atoms in total. The second-order valence-corrected chi connectivity index (χ2v) is 4.76. The first-order chi connectivity index (χ1) is 8.20. The molecule has 2 heterocycles.